The Morgan fingerprint density at radius 3 is 2.59 bits per heavy atom. The Morgan fingerprint density at radius 2 is 1.90 bits per heavy atom. The fourth-order valence-corrected chi connectivity index (χ4v) is 4.63. The van der Waals surface area contributed by atoms with Gasteiger partial charge < -0.3 is 25.2 Å². The zero-order valence-electron chi connectivity index (χ0n) is 23.8. The van der Waals surface area contributed by atoms with E-state index < -0.39 is 9.71 Å². The minimum absolute atomic E-state index is 0.279. The molecule has 41 heavy (non-hydrogen) atoms. The molecule has 0 spiro atoms. The number of carbonyl (C=O) groups excluding carboxylic acids is 1. The van der Waals surface area contributed by atoms with Crippen molar-refractivity contribution in [2.45, 2.75) is 0 Å². The van der Waals surface area contributed by atoms with Crippen LogP contribution in [0, 0.1) is 0 Å². The van der Waals surface area contributed by atoms with Crippen LogP contribution in [0.2, 0.25) is 0 Å². The molecule has 12 nitrogen and oxygen atoms in total. The third kappa shape index (κ3) is 7.13. The molecule has 0 saturated carbocycles. The number of para-hydroxylation sites is 1. The van der Waals surface area contributed by atoms with Gasteiger partial charge in [-0.15, -0.1) is 5.10 Å². The molecule has 0 saturated heterocycles. The normalized spacial score (nSPS) is 12.5. The first-order valence-corrected chi connectivity index (χ1v) is 14.8. The number of hydrogen-bond donors (Lipinski definition) is 3. The summed E-state index contributed by atoms with van der Waals surface area (Å²) >= 11 is 0. The molecular weight excluding hydrogens is 542 g/mol. The smallest absolute Gasteiger partial charge is 0.247 e. The second-order valence-corrected chi connectivity index (χ2v) is 12.0. The van der Waals surface area contributed by atoms with Gasteiger partial charge in [-0.1, -0.05) is 18.7 Å². The number of fused-ring (bicyclic) bond motifs is 1. The van der Waals surface area contributed by atoms with Crippen LogP contribution < -0.4 is 25.0 Å². The summed E-state index contributed by atoms with van der Waals surface area (Å²) in [6.45, 7) is 5.11. The van der Waals surface area contributed by atoms with Gasteiger partial charge in [0.2, 0.25) is 11.9 Å². The first-order valence-electron chi connectivity index (χ1n) is 12.7. The second-order valence-electron chi connectivity index (χ2n) is 9.74. The van der Waals surface area contributed by atoms with Gasteiger partial charge in [0.15, 0.2) is 11.6 Å². The van der Waals surface area contributed by atoms with Gasteiger partial charge in [0.05, 0.1) is 29.7 Å². The Balaban J connectivity index is 1.73. The van der Waals surface area contributed by atoms with Crippen LogP contribution in [0.1, 0.15) is 0 Å². The van der Waals surface area contributed by atoms with Gasteiger partial charge in [0, 0.05) is 59.8 Å². The predicted octanol–water partition coefficient (Wildman–Crippen LogP) is 3.36. The van der Waals surface area contributed by atoms with Crippen molar-refractivity contribution < 1.29 is 13.7 Å². The van der Waals surface area contributed by atoms with Gasteiger partial charge >= 0.3 is 0 Å². The number of rotatable bonds is 12. The minimum Gasteiger partial charge on any atom is -0.494 e. The monoisotopic (exact) mass is 577 g/mol. The zero-order chi connectivity index (χ0) is 29.7. The molecule has 1 amide bonds. The minimum atomic E-state index is -2.55. The number of anilines is 5. The van der Waals surface area contributed by atoms with Crippen LogP contribution >= 0.6 is 0 Å². The highest BCUT2D eigenvalue weighted by Crippen LogP contribution is 2.38. The molecule has 0 bridgehead atoms. The van der Waals surface area contributed by atoms with Gasteiger partial charge in [-0.05, 0) is 44.2 Å². The van der Waals surface area contributed by atoms with Crippen molar-refractivity contribution in [1.82, 2.24) is 24.6 Å². The van der Waals surface area contributed by atoms with Crippen molar-refractivity contribution in [3.05, 3.63) is 61.3 Å². The number of carbonyl (C=O) groups is 1. The molecule has 2 heterocycles. The van der Waals surface area contributed by atoms with Crippen molar-refractivity contribution in [2.24, 2.45) is 0 Å². The number of amides is 1. The fraction of sp³-hybridized carbons (Fsp3) is 0.250. The van der Waals surface area contributed by atoms with Crippen LogP contribution in [-0.4, -0.2) is 88.2 Å². The fourth-order valence-electron chi connectivity index (χ4n) is 4.07. The Kier molecular flexibility index (Phi) is 8.79. The topological polar surface area (TPSA) is 130 Å². The van der Waals surface area contributed by atoms with Crippen molar-refractivity contribution in [2.75, 3.05) is 67.9 Å². The Bertz CT molecular complexity index is 1680. The summed E-state index contributed by atoms with van der Waals surface area (Å²) in [5.41, 5.74) is 2.66. The summed E-state index contributed by atoms with van der Waals surface area (Å²) in [7, 11) is 4.97. The molecule has 2 aromatic carbocycles. The molecule has 0 radical (unpaired) electrons. The Morgan fingerprint density at radius 1 is 1.15 bits per heavy atom. The van der Waals surface area contributed by atoms with Crippen LogP contribution in [-0.2, 0) is 14.5 Å². The molecule has 13 heteroatoms. The summed E-state index contributed by atoms with van der Waals surface area (Å²) in [5, 5.41) is 11.5. The van der Waals surface area contributed by atoms with Crippen molar-refractivity contribution in [3.8, 4) is 11.6 Å². The number of likely N-dealkylation sites (N-methyl/N-ethyl adjacent to an activating group) is 2. The maximum atomic E-state index is 12.4. The third-order valence-electron chi connectivity index (χ3n) is 6.06. The highest BCUT2D eigenvalue weighted by molar-refractivity contribution is 8.00. The highest BCUT2D eigenvalue weighted by Gasteiger charge is 2.18. The molecule has 0 aliphatic carbocycles. The van der Waals surface area contributed by atoms with E-state index in [1.807, 2.05) is 56.4 Å². The SMILES string of the molecule is C=CC(=O)Nc1cc(Nc2nccc(-n3nc(NS(=C)(C)=O)c4ccccc43)n2)c(OC)cc1N(C)CCN(C)C. The molecule has 3 N–H and O–H groups in total. The van der Waals surface area contributed by atoms with E-state index in [0.29, 0.717) is 28.8 Å². The lowest BCUT2D eigenvalue weighted by Crippen LogP contribution is -2.29. The van der Waals surface area contributed by atoms with Crippen LogP contribution in [0.15, 0.2) is 61.3 Å². The number of nitrogens with one attached hydrogen (secondary N) is 3. The summed E-state index contributed by atoms with van der Waals surface area (Å²) in [5.74, 6) is 5.08. The van der Waals surface area contributed by atoms with Gasteiger partial charge in [0.1, 0.15) is 5.75 Å². The average molecular weight is 578 g/mol. The average Bonchev–Trinajstić information content (AvgIpc) is 3.29. The lowest BCUT2D eigenvalue weighted by atomic mass is 10.2. The molecule has 1 atom stereocenters. The van der Waals surface area contributed by atoms with Crippen molar-refractivity contribution >= 4 is 61.2 Å². The van der Waals surface area contributed by atoms with E-state index >= 15 is 0 Å². The first-order chi connectivity index (χ1) is 19.5. The van der Waals surface area contributed by atoms with E-state index in [4.69, 9.17) is 4.74 Å². The van der Waals surface area contributed by atoms with E-state index in [9.17, 15) is 9.00 Å². The quantitative estimate of drug-likeness (QED) is 0.171. The second kappa shape index (κ2) is 12.3. The maximum Gasteiger partial charge on any atom is 0.247 e. The summed E-state index contributed by atoms with van der Waals surface area (Å²) in [6.07, 6.45) is 4.34. The molecule has 4 rings (SSSR count). The Hall–Kier alpha value is -4.62. The largest absolute Gasteiger partial charge is 0.494 e. The molecule has 0 fully saturated rings. The lowest BCUT2D eigenvalue weighted by Gasteiger charge is -2.26. The van der Waals surface area contributed by atoms with Gasteiger partial charge in [-0.3, -0.25) is 9.52 Å². The van der Waals surface area contributed by atoms with Crippen LogP contribution in [0.5, 0.6) is 5.75 Å². The highest BCUT2D eigenvalue weighted by atomic mass is 32.2. The predicted molar refractivity (Wildman–Crippen MR) is 168 cm³/mol. The van der Waals surface area contributed by atoms with E-state index in [1.165, 1.54) is 12.3 Å². The van der Waals surface area contributed by atoms with Gasteiger partial charge in [-0.2, -0.15) is 4.98 Å². The lowest BCUT2D eigenvalue weighted by molar-refractivity contribution is -0.111. The van der Waals surface area contributed by atoms with Gasteiger partial charge in [-0.25, -0.2) is 13.9 Å². The van der Waals surface area contributed by atoms with Crippen LogP contribution in [0.3, 0.4) is 0 Å². The number of benzene rings is 2. The summed E-state index contributed by atoms with van der Waals surface area (Å²) in [6, 6.07) is 12.9. The number of ether oxygens (including phenoxy) is 1. The molecular formula is C28H35N9O3S. The molecule has 0 aliphatic rings. The molecule has 216 valence electrons. The molecule has 0 aliphatic heterocycles. The number of methoxy groups -OCH3 is 1. The van der Waals surface area contributed by atoms with Gasteiger partial charge in [0.25, 0.3) is 0 Å². The number of aromatic nitrogens is 4. The molecule has 2 aromatic heterocycles. The van der Waals surface area contributed by atoms with E-state index in [2.05, 4.69) is 47.8 Å². The van der Waals surface area contributed by atoms with Crippen molar-refractivity contribution in [1.29, 1.82) is 0 Å². The molecule has 1 unspecified atom stereocenters. The number of nitrogens with zero attached hydrogens (tertiary/aromatic N) is 6. The summed E-state index contributed by atoms with van der Waals surface area (Å²) < 4.78 is 22.6. The van der Waals surface area contributed by atoms with E-state index in [1.54, 1.807) is 30.1 Å². The standard InChI is InChI=1S/C28H35N9O3S/c1-8-26(38)30-20-17-21(24(40-5)18-23(20)36(4)16-15-35(2)3)31-28-29-14-13-25(32-28)37-22-12-10-9-11-19(22)27(33-37)34-41(6,7)39/h8-14,17-18H,1,6,15-16H2,2-5,7H3,(H,30,38)(H,29,31,32)(H,33,34,39). The van der Waals surface area contributed by atoms with Crippen LogP contribution in [0.25, 0.3) is 16.7 Å². The zero-order valence-corrected chi connectivity index (χ0v) is 24.7. The first kappa shape index (κ1) is 29.4. The Labute approximate surface area is 240 Å². The maximum absolute atomic E-state index is 12.4. The molecule has 4 aromatic rings. The number of hydrogen-bond acceptors (Lipinski definition) is 9. The third-order valence-corrected chi connectivity index (χ3v) is 6.68. The summed E-state index contributed by atoms with van der Waals surface area (Å²) in [4.78, 5) is 25.5. The van der Waals surface area contributed by atoms with Crippen molar-refractivity contribution in [3.63, 3.8) is 0 Å². The van der Waals surface area contributed by atoms with E-state index in [-0.39, 0.29) is 11.9 Å². The van der Waals surface area contributed by atoms with Crippen LogP contribution in [0.4, 0.5) is 28.8 Å². The van der Waals surface area contributed by atoms with E-state index in [0.717, 1.165) is 29.7 Å².